The van der Waals surface area contributed by atoms with Crippen molar-refractivity contribution in [1.29, 1.82) is 0 Å². The van der Waals surface area contributed by atoms with Crippen LogP contribution in [0, 0.1) is 0 Å². The van der Waals surface area contributed by atoms with Crippen molar-refractivity contribution < 1.29 is 24.2 Å². The van der Waals surface area contributed by atoms with E-state index in [-0.39, 0.29) is 16.4 Å². The summed E-state index contributed by atoms with van der Waals surface area (Å²) in [4.78, 5) is 29.9. The highest BCUT2D eigenvalue weighted by Gasteiger charge is 2.46. The first-order valence-electron chi connectivity index (χ1n) is 10.6. The van der Waals surface area contributed by atoms with E-state index >= 15 is 0 Å². The van der Waals surface area contributed by atoms with Crippen LogP contribution in [0.25, 0.3) is 5.76 Å². The molecule has 2 aromatic rings. The number of ketones is 1. The van der Waals surface area contributed by atoms with E-state index < -0.39 is 17.7 Å². The smallest absolute Gasteiger partial charge is 0.295 e. The highest BCUT2D eigenvalue weighted by Crippen LogP contribution is 2.40. The zero-order valence-corrected chi connectivity index (χ0v) is 19.6. The molecular weight excluding hydrogens is 467 g/mol. The molecule has 7 nitrogen and oxygen atoms in total. The number of amides is 1. The number of aliphatic hydroxyl groups is 1. The van der Waals surface area contributed by atoms with Crippen LogP contribution in [0.5, 0.6) is 5.75 Å². The minimum Gasteiger partial charge on any atom is -0.507 e. The van der Waals surface area contributed by atoms with E-state index in [9.17, 15) is 14.7 Å². The Labute approximate surface area is 202 Å². The number of benzene rings is 2. The molecule has 0 aliphatic carbocycles. The molecule has 9 heteroatoms. The summed E-state index contributed by atoms with van der Waals surface area (Å²) < 4.78 is 10.6. The van der Waals surface area contributed by atoms with E-state index in [4.69, 9.17) is 32.7 Å². The molecule has 1 amide bonds. The number of rotatable bonds is 6. The van der Waals surface area contributed by atoms with Crippen LogP contribution in [0.1, 0.15) is 17.2 Å². The van der Waals surface area contributed by atoms with Crippen molar-refractivity contribution in [2.75, 3.05) is 46.5 Å². The minimum atomic E-state index is -0.773. The molecule has 174 valence electrons. The molecule has 0 saturated carbocycles. The van der Waals surface area contributed by atoms with Gasteiger partial charge >= 0.3 is 0 Å². The number of carbonyl (C=O) groups excluding carboxylic acids is 2. The molecule has 2 aliphatic rings. The summed E-state index contributed by atoms with van der Waals surface area (Å²) in [7, 11) is 1.49. The molecule has 2 aliphatic heterocycles. The Balaban J connectivity index is 1.75. The van der Waals surface area contributed by atoms with Gasteiger partial charge in [-0.2, -0.15) is 0 Å². The number of ether oxygens (including phenoxy) is 2. The first-order chi connectivity index (χ1) is 15.9. The third-order valence-electron chi connectivity index (χ3n) is 5.89. The Morgan fingerprint density at radius 1 is 1.12 bits per heavy atom. The Morgan fingerprint density at radius 3 is 2.55 bits per heavy atom. The van der Waals surface area contributed by atoms with Crippen molar-refractivity contribution in [1.82, 2.24) is 9.80 Å². The quantitative estimate of drug-likeness (QED) is 0.377. The predicted octanol–water partition coefficient (Wildman–Crippen LogP) is 3.76. The molecule has 2 fully saturated rings. The predicted molar refractivity (Wildman–Crippen MR) is 126 cm³/mol. The van der Waals surface area contributed by atoms with Gasteiger partial charge in [0.2, 0.25) is 0 Å². The van der Waals surface area contributed by atoms with Crippen LogP contribution in [0.3, 0.4) is 0 Å². The SMILES string of the molecule is COc1ccc(/C(O)=C2\C(=O)C(=O)N(CCN3CCOCC3)[C@@H]2c2cccc(Cl)c2)cc1Cl. The molecule has 1 atom stereocenters. The number of hydrogen-bond acceptors (Lipinski definition) is 6. The number of nitrogens with zero attached hydrogens (tertiary/aromatic N) is 2. The number of halogens is 2. The summed E-state index contributed by atoms with van der Waals surface area (Å²) in [6.07, 6.45) is 0. The molecule has 2 heterocycles. The number of likely N-dealkylation sites (tertiary alicyclic amines) is 1. The average Bonchev–Trinajstić information content (AvgIpc) is 3.07. The molecule has 2 saturated heterocycles. The monoisotopic (exact) mass is 490 g/mol. The van der Waals surface area contributed by atoms with Gasteiger partial charge in [-0.15, -0.1) is 0 Å². The minimum absolute atomic E-state index is 0.00507. The molecule has 0 spiro atoms. The highest BCUT2D eigenvalue weighted by molar-refractivity contribution is 6.46. The number of carbonyl (C=O) groups is 2. The molecule has 33 heavy (non-hydrogen) atoms. The third-order valence-corrected chi connectivity index (χ3v) is 6.42. The largest absolute Gasteiger partial charge is 0.507 e. The van der Waals surface area contributed by atoms with Gasteiger partial charge in [-0.05, 0) is 35.9 Å². The molecule has 4 rings (SSSR count). The topological polar surface area (TPSA) is 79.3 Å². The van der Waals surface area contributed by atoms with Crippen LogP contribution in [0.2, 0.25) is 10.0 Å². The van der Waals surface area contributed by atoms with Gasteiger partial charge in [0, 0.05) is 36.8 Å². The summed E-state index contributed by atoms with van der Waals surface area (Å²) in [5, 5.41) is 11.9. The van der Waals surface area contributed by atoms with Crippen LogP contribution in [-0.4, -0.2) is 73.1 Å². The maximum Gasteiger partial charge on any atom is 0.295 e. The number of aliphatic hydroxyl groups excluding tert-OH is 1. The van der Waals surface area contributed by atoms with Gasteiger partial charge in [-0.25, -0.2) is 0 Å². The molecule has 0 bridgehead atoms. The Bertz CT molecular complexity index is 1100. The maximum atomic E-state index is 13.1. The van der Waals surface area contributed by atoms with Gasteiger partial charge in [-0.3, -0.25) is 14.5 Å². The van der Waals surface area contributed by atoms with Crippen molar-refractivity contribution in [2.24, 2.45) is 0 Å². The van der Waals surface area contributed by atoms with Gasteiger partial charge < -0.3 is 19.5 Å². The van der Waals surface area contributed by atoms with Crippen LogP contribution in [0.15, 0.2) is 48.0 Å². The lowest BCUT2D eigenvalue weighted by Crippen LogP contribution is -2.42. The van der Waals surface area contributed by atoms with E-state index in [0.717, 1.165) is 13.1 Å². The van der Waals surface area contributed by atoms with E-state index in [1.165, 1.54) is 18.1 Å². The standard InChI is InChI=1S/C24H24Cl2N2O5/c1-32-19-6-5-16(14-18(19)26)22(29)20-21(15-3-2-4-17(25)13-15)28(24(31)23(20)30)8-7-27-9-11-33-12-10-27/h2-6,13-14,21,29H,7-12H2,1H3/b22-20+/t21-/m1/s1. The normalized spacial score (nSPS) is 20.9. The van der Waals surface area contributed by atoms with E-state index in [0.29, 0.717) is 48.2 Å². The van der Waals surface area contributed by atoms with Crippen molar-refractivity contribution >= 4 is 40.7 Å². The lowest BCUT2D eigenvalue weighted by molar-refractivity contribution is -0.140. The zero-order chi connectivity index (χ0) is 23.5. The number of hydrogen-bond donors (Lipinski definition) is 1. The second-order valence-electron chi connectivity index (χ2n) is 7.85. The van der Waals surface area contributed by atoms with E-state index in [1.807, 2.05) is 0 Å². The molecule has 2 aromatic carbocycles. The van der Waals surface area contributed by atoms with Gasteiger partial charge in [-0.1, -0.05) is 35.3 Å². The van der Waals surface area contributed by atoms with Crippen LogP contribution >= 0.6 is 23.2 Å². The summed E-state index contributed by atoms with van der Waals surface area (Å²) in [5.41, 5.74) is 0.967. The number of methoxy groups -OCH3 is 1. The van der Waals surface area contributed by atoms with E-state index in [1.54, 1.807) is 36.4 Å². The first-order valence-corrected chi connectivity index (χ1v) is 11.3. The fourth-order valence-corrected chi connectivity index (χ4v) is 4.63. The summed E-state index contributed by atoms with van der Waals surface area (Å²) in [6, 6.07) is 10.9. The third kappa shape index (κ3) is 4.87. The van der Waals surface area contributed by atoms with Gasteiger partial charge in [0.1, 0.15) is 11.5 Å². The second-order valence-corrected chi connectivity index (χ2v) is 8.69. The van der Waals surface area contributed by atoms with E-state index in [2.05, 4.69) is 4.90 Å². The van der Waals surface area contributed by atoms with Gasteiger partial charge in [0.25, 0.3) is 11.7 Å². The van der Waals surface area contributed by atoms with Crippen LogP contribution in [-0.2, 0) is 14.3 Å². The van der Waals surface area contributed by atoms with Gasteiger partial charge in [0.15, 0.2) is 0 Å². The fourth-order valence-electron chi connectivity index (χ4n) is 4.18. The van der Waals surface area contributed by atoms with Crippen molar-refractivity contribution in [3.8, 4) is 5.75 Å². The molecule has 0 aromatic heterocycles. The first kappa shape index (κ1) is 23.6. The van der Waals surface area contributed by atoms with Gasteiger partial charge in [0.05, 0.1) is 37.0 Å². The highest BCUT2D eigenvalue weighted by atomic mass is 35.5. The summed E-state index contributed by atoms with van der Waals surface area (Å²) in [5.74, 6) is -1.26. The summed E-state index contributed by atoms with van der Waals surface area (Å²) >= 11 is 12.5. The fraction of sp³-hybridized carbons (Fsp3) is 0.333. The molecule has 0 unspecified atom stereocenters. The maximum absolute atomic E-state index is 13.1. The Morgan fingerprint density at radius 2 is 1.88 bits per heavy atom. The zero-order valence-electron chi connectivity index (χ0n) is 18.1. The lowest BCUT2D eigenvalue weighted by Gasteiger charge is -2.31. The molecule has 1 N–H and O–H groups in total. The molecular formula is C24H24Cl2N2O5. The Hall–Kier alpha value is -2.58. The lowest BCUT2D eigenvalue weighted by atomic mass is 9.95. The average molecular weight is 491 g/mol. The number of morpholine rings is 1. The van der Waals surface area contributed by atoms with Crippen LogP contribution < -0.4 is 4.74 Å². The second kappa shape index (κ2) is 10.1. The molecule has 0 radical (unpaired) electrons. The van der Waals surface area contributed by atoms with Crippen molar-refractivity contribution in [3.05, 3.63) is 69.2 Å². The Kier molecular flexibility index (Phi) is 7.24. The van der Waals surface area contributed by atoms with Crippen molar-refractivity contribution in [3.63, 3.8) is 0 Å². The summed E-state index contributed by atoms with van der Waals surface area (Å²) in [6.45, 7) is 3.69. The number of Topliss-reactive ketones (excluding diaryl/α,β-unsaturated/α-hetero) is 1. The van der Waals surface area contributed by atoms with Crippen molar-refractivity contribution in [2.45, 2.75) is 6.04 Å². The van der Waals surface area contributed by atoms with Crippen LogP contribution in [0.4, 0.5) is 0 Å².